The largest absolute Gasteiger partial charge is 0.375 e. The van der Waals surface area contributed by atoms with Crippen molar-refractivity contribution < 1.29 is 17.9 Å². The monoisotopic (exact) mass is 368 g/mol. The van der Waals surface area contributed by atoms with Crippen LogP contribution < -0.4 is 0 Å². The van der Waals surface area contributed by atoms with E-state index in [0.29, 0.717) is 11.7 Å². The van der Waals surface area contributed by atoms with Gasteiger partial charge in [0, 0.05) is 18.9 Å². The molecule has 6 nitrogen and oxygen atoms in total. The Balaban J connectivity index is 1.86. The first-order chi connectivity index (χ1) is 11.4. The number of aliphatic imine (C=N–C) groups is 1. The average Bonchev–Trinajstić information content (AvgIpc) is 2.95. The maximum Gasteiger partial charge on any atom is 0.274 e. The van der Waals surface area contributed by atoms with Gasteiger partial charge in [0.15, 0.2) is 15.0 Å². The Labute approximate surface area is 146 Å². The van der Waals surface area contributed by atoms with Crippen molar-refractivity contribution in [3.8, 4) is 0 Å². The van der Waals surface area contributed by atoms with Crippen molar-refractivity contribution in [3.05, 3.63) is 35.4 Å². The van der Waals surface area contributed by atoms with Crippen LogP contribution in [0.15, 0.2) is 29.3 Å². The maximum atomic E-state index is 12.0. The molecular formula is C16H20N2O4S2. The minimum absolute atomic E-state index is 0.0606. The maximum absolute atomic E-state index is 12.0. The molecule has 0 spiro atoms. The highest BCUT2D eigenvalue weighted by Crippen LogP contribution is 2.39. The zero-order valence-corrected chi connectivity index (χ0v) is 15.3. The summed E-state index contributed by atoms with van der Waals surface area (Å²) in [5, 5.41) is 0.539. The van der Waals surface area contributed by atoms with Crippen LogP contribution in [-0.4, -0.2) is 60.9 Å². The SMILES string of the molecule is COCC(=O)N=C1SC2CS(=O)(=O)CC2N1Cc1ccc(C)cc1. The van der Waals surface area contributed by atoms with Crippen molar-refractivity contribution in [3.63, 3.8) is 0 Å². The van der Waals surface area contributed by atoms with E-state index in [-0.39, 0.29) is 35.3 Å². The lowest BCUT2D eigenvalue weighted by Gasteiger charge is -2.24. The number of ether oxygens (including phenoxy) is 1. The van der Waals surface area contributed by atoms with Gasteiger partial charge in [0.1, 0.15) is 6.61 Å². The molecule has 2 saturated heterocycles. The number of amides is 1. The molecule has 0 saturated carbocycles. The second-order valence-electron chi connectivity index (χ2n) is 6.14. The Morgan fingerprint density at radius 3 is 2.71 bits per heavy atom. The molecule has 2 unspecified atom stereocenters. The van der Waals surface area contributed by atoms with Crippen LogP contribution in [0.5, 0.6) is 0 Å². The van der Waals surface area contributed by atoms with Gasteiger partial charge in [-0.05, 0) is 12.5 Å². The van der Waals surface area contributed by atoms with Gasteiger partial charge in [-0.1, -0.05) is 41.6 Å². The summed E-state index contributed by atoms with van der Waals surface area (Å²) in [5.41, 5.74) is 2.23. The molecule has 0 aromatic heterocycles. The lowest BCUT2D eigenvalue weighted by molar-refractivity contribution is -0.121. The molecule has 1 aromatic carbocycles. The van der Waals surface area contributed by atoms with E-state index in [4.69, 9.17) is 4.74 Å². The number of carbonyl (C=O) groups excluding carboxylic acids is 1. The zero-order chi connectivity index (χ0) is 17.3. The number of fused-ring (bicyclic) bond motifs is 1. The zero-order valence-electron chi connectivity index (χ0n) is 13.6. The van der Waals surface area contributed by atoms with E-state index in [1.54, 1.807) is 0 Å². The lowest BCUT2D eigenvalue weighted by atomic mass is 10.1. The number of sulfone groups is 1. The number of benzene rings is 1. The number of aryl methyl sites for hydroxylation is 1. The summed E-state index contributed by atoms with van der Waals surface area (Å²) in [6.07, 6.45) is 0. The van der Waals surface area contributed by atoms with Crippen LogP contribution in [-0.2, 0) is 25.9 Å². The Bertz CT molecular complexity index is 759. The van der Waals surface area contributed by atoms with E-state index in [1.165, 1.54) is 24.4 Å². The third-order valence-electron chi connectivity index (χ3n) is 4.14. The molecule has 2 atom stereocenters. The van der Waals surface area contributed by atoms with E-state index in [2.05, 4.69) is 4.99 Å². The van der Waals surface area contributed by atoms with Crippen molar-refractivity contribution in [2.45, 2.75) is 24.8 Å². The van der Waals surface area contributed by atoms with Crippen LogP contribution in [0.2, 0.25) is 0 Å². The summed E-state index contributed by atoms with van der Waals surface area (Å²) in [6.45, 7) is 2.49. The highest BCUT2D eigenvalue weighted by Gasteiger charge is 2.48. The molecule has 0 N–H and O–H groups in total. The van der Waals surface area contributed by atoms with Gasteiger partial charge >= 0.3 is 0 Å². The van der Waals surface area contributed by atoms with Crippen LogP contribution in [0.25, 0.3) is 0 Å². The fourth-order valence-electron chi connectivity index (χ4n) is 2.97. The number of hydrogen-bond donors (Lipinski definition) is 0. The van der Waals surface area contributed by atoms with Crippen molar-refractivity contribution in [2.75, 3.05) is 25.2 Å². The number of hydrogen-bond acceptors (Lipinski definition) is 5. The van der Waals surface area contributed by atoms with Crippen molar-refractivity contribution in [1.82, 2.24) is 4.90 Å². The fraction of sp³-hybridized carbons (Fsp3) is 0.500. The van der Waals surface area contributed by atoms with Gasteiger partial charge < -0.3 is 9.64 Å². The quantitative estimate of drug-likeness (QED) is 0.796. The molecule has 0 radical (unpaired) electrons. The number of carbonyl (C=O) groups is 1. The van der Waals surface area contributed by atoms with Gasteiger partial charge in [-0.2, -0.15) is 4.99 Å². The molecule has 130 valence electrons. The summed E-state index contributed by atoms with van der Waals surface area (Å²) in [6, 6.07) is 7.95. The molecule has 1 aromatic rings. The topological polar surface area (TPSA) is 76.0 Å². The van der Waals surface area contributed by atoms with Gasteiger partial charge in [-0.25, -0.2) is 8.42 Å². The number of rotatable bonds is 4. The molecule has 24 heavy (non-hydrogen) atoms. The highest BCUT2D eigenvalue weighted by molar-refractivity contribution is 8.15. The first-order valence-corrected chi connectivity index (χ1v) is 10.4. The highest BCUT2D eigenvalue weighted by atomic mass is 32.2. The van der Waals surface area contributed by atoms with Gasteiger partial charge in [-0.3, -0.25) is 4.79 Å². The molecule has 8 heteroatoms. The summed E-state index contributed by atoms with van der Waals surface area (Å²) in [5.74, 6) is -0.0881. The summed E-state index contributed by atoms with van der Waals surface area (Å²) >= 11 is 1.39. The summed E-state index contributed by atoms with van der Waals surface area (Å²) in [4.78, 5) is 17.9. The predicted octanol–water partition coefficient (Wildman–Crippen LogP) is 1.24. The summed E-state index contributed by atoms with van der Waals surface area (Å²) < 4.78 is 28.7. The minimum atomic E-state index is -3.03. The molecule has 2 aliphatic heterocycles. The number of nitrogens with zero attached hydrogens (tertiary/aromatic N) is 2. The van der Waals surface area contributed by atoms with Crippen LogP contribution >= 0.6 is 11.8 Å². The van der Waals surface area contributed by atoms with E-state index in [9.17, 15) is 13.2 Å². The molecule has 1 amide bonds. The van der Waals surface area contributed by atoms with Gasteiger partial charge in [-0.15, -0.1) is 0 Å². The average molecular weight is 368 g/mol. The van der Waals surface area contributed by atoms with E-state index in [1.807, 2.05) is 36.1 Å². The normalized spacial score (nSPS) is 26.8. The minimum Gasteiger partial charge on any atom is -0.375 e. The molecule has 2 fully saturated rings. The standard InChI is InChI=1S/C16H20N2O4S2/c1-11-3-5-12(6-4-11)7-18-13-9-24(20,21)10-14(13)23-16(18)17-15(19)8-22-2/h3-6,13-14H,7-10H2,1-2H3. The van der Waals surface area contributed by atoms with Crippen molar-refractivity contribution >= 4 is 32.7 Å². The Kier molecular flexibility index (Phi) is 4.98. The molecule has 0 aliphatic carbocycles. The van der Waals surface area contributed by atoms with E-state index >= 15 is 0 Å². The molecule has 3 rings (SSSR count). The van der Waals surface area contributed by atoms with Crippen LogP contribution in [0.4, 0.5) is 0 Å². The van der Waals surface area contributed by atoms with E-state index < -0.39 is 9.84 Å². The smallest absolute Gasteiger partial charge is 0.274 e. The third-order valence-corrected chi connectivity index (χ3v) is 7.38. The first-order valence-electron chi connectivity index (χ1n) is 7.68. The van der Waals surface area contributed by atoms with Crippen molar-refractivity contribution in [1.29, 1.82) is 0 Å². The lowest BCUT2D eigenvalue weighted by Crippen LogP contribution is -2.37. The van der Waals surface area contributed by atoms with Gasteiger partial charge in [0.05, 0.1) is 17.5 Å². The Morgan fingerprint density at radius 2 is 2.04 bits per heavy atom. The fourth-order valence-corrected chi connectivity index (χ4v) is 6.94. The molecule has 2 aliphatic rings. The van der Waals surface area contributed by atoms with Crippen LogP contribution in [0.3, 0.4) is 0 Å². The second kappa shape index (κ2) is 6.85. The number of thioether (sulfide) groups is 1. The Morgan fingerprint density at radius 1 is 1.33 bits per heavy atom. The number of amidine groups is 1. The third kappa shape index (κ3) is 3.81. The summed E-state index contributed by atoms with van der Waals surface area (Å²) in [7, 11) is -1.58. The second-order valence-corrected chi connectivity index (χ2v) is 9.50. The molecule has 0 bridgehead atoms. The van der Waals surface area contributed by atoms with E-state index in [0.717, 1.165) is 5.56 Å². The van der Waals surface area contributed by atoms with Crippen LogP contribution in [0.1, 0.15) is 11.1 Å². The first kappa shape index (κ1) is 17.4. The van der Waals surface area contributed by atoms with Gasteiger partial charge in [0.2, 0.25) is 0 Å². The predicted molar refractivity (Wildman–Crippen MR) is 94.9 cm³/mol. The molecule has 2 heterocycles. The van der Waals surface area contributed by atoms with Crippen molar-refractivity contribution in [2.24, 2.45) is 4.99 Å². The van der Waals surface area contributed by atoms with Gasteiger partial charge in [0.25, 0.3) is 5.91 Å². The number of methoxy groups -OCH3 is 1. The Hall–Kier alpha value is -1.38. The van der Waals surface area contributed by atoms with Crippen LogP contribution in [0, 0.1) is 6.92 Å². The molecular weight excluding hydrogens is 348 g/mol.